The molecule has 100 valence electrons. The summed E-state index contributed by atoms with van der Waals surface area (Å²) >= 11 is 0. The van der Waals surface area contributed by atoms with Crippen molar-refractivity contribution in [2.45, 2.75) is 26.7 Å². The van der Waals surface area contributed by atoms with Gasteiger partial charge in [0.2, 0.25) is 0 Å². The molecule has 0 radical (unpaired) electrons. The van der Waals surface area contributed by atoms with Crippen molar-refractivity contribution >= 4 is 5.69 Å². The lowest BCUT2D eigenvalue weighted by Crippen LogP contribution is -2.36. The molecule has 0 amide bonds. The second-order valence-electron chi connectivity index (χ2n) is 5.32. The average molecular weight is 251 g/mol. The molecule has 1 heterocycles. The minimum atomic E-state index is -0.0989. The first-order chi connectivity index (χ1) is 8.66. The fourth-order valence-corrected chi connectivity index (χ4v) is 2.22. The van der Waals surface area contributed by atoms with Crippen molar-refractivity contribution in [2.75, 3.05) is 31.2 Å². The standard InChI is InChI=1S/C15H22FNO/c1-12(2)3-4-13-5-6-15(14(16)11-13)17-7-9-18-10-8-17/h5-6,11-12H,3-4,7-10H2,1-2H3. The minimum Gasteiger partial charge on any atom is -0.378 e. The molecular formula is C15H22FNO. The maximum Gasteiger partial charge on any atom is 0.146 e. The number of rotatable bonds is 4. The first-order valence-electron chi connectivity index (χ1n) is 6.78. The second kappa shape index (κ2) is 6.19. The number of hydrogen-bond donors (Lipinski definition) is 0. The number of benzene rings is 1. The maximum absolute atomic E-state index is 14.1. The molecule has 0 bridgehead atoms. The van der Waals surface area contributed by atoms with Gasteiger partial charge in [-0.1, -0.05) is 19.9 Å². The number of anilines is 1. The smallest absolute Gasteiger partial charge is 0.146 e. The summed E-state index contributed by atoms with van der Waals surface area (Å²) < 4.78 is 19.4. The summed E-state index contributed by atoms with van der Waals surface area (Å²) in [6, 6.07) is 5.65. The molecule has 18 heavy (non-hydrogen) atoms. The Kier molecular flexibility index (Phi) is 4.59. The van der Waals surface area contributed by atoms with Gasteiger partial charge in [0, 0.05) is 13.1 Å². The van der Waals surface area contributed by atoms with E-state index in [2.05, 4.69) is 24.8 Å². The first-order valence-corrected chi connectivity index (χ1v) is 6.78. The van der Waals surface area contributed by atoms with Gasteiger partial charge in [0.15, 0.2) is 0 Å². The molecule has 1 saturated heterocycles. The Labute approximate surface area is 109 Å². The minimum absolute atomic E-state index is 0.0989. The first kappa shape index (κ1) is 13.3. The highest BCUT2D eigenvalue weighted by molar-refractivity contribution is 5.49. The van der Waals surface area contributed by atoms with E-state index in [1.165, 1.54) is 0 Å². The highest BCUT2D eigenvalue weighted by atomic mass is 19.1. The van der Waals surface area contributed by atoms with Gasteiger partial charge in [-0.2, -0.15) is 0 Å². The molecule has 1 aliphatic rings. The number of aryl methyl sites for hydroxylation is 1. The Bertz CT molecular complexity index is 386. The van der Waals surface area contributed by atoms with E-state index in [-0.39, 0.29) is 5.82 Å². The summed E-state index contributed by atoms with van der Waals surface area (Å²) in [6.07, 6.45) is 2.06. The monoisotopic (exact) mass is 251 g/mol. The second-order valence-corrected chi connectivity index (χ2v) is 5.32. The third-order valence-corrected chi connectivity index (χ3v) is 3.37. The van der Waals surface area contributed by atoms with Gasteiger partial charge in [-0.3, -0.25) is 0 Å². The van der Waals surface area contributed by atoms with E-state index in [1.807, 2.05) is 6.07 Å². The van der Waals surface area contributed by atoms with Crippen molar-refractivity contribution < 1.29 is 9.13 Å². The highest BCUT2D eigenvalue weighted by Crippen LogP contribution is 2.22. The highest BCUT2D eigenvalue weighted by Gasteiger charge is 2.15. The third kappa shape index (κ3) is 3.45. The molecule has 1 fully saturated rings. The topological polar surface area (TPSA) is 12.5 Å². The van der Waals surface area contributed by atoms with E-state index in [1.54, 1.807) is 6.07 Å². The molecule has 0 aliphatic carbocycles. The zero-order chi connectivity index (χ0) is 13.0. The van der Waals surface area contributed by atoms with Gasteiger partial charge in [-0.25, -0.2) is 4.39 Å². The molecule has 3 heteroatoms. The normalized spacial score (nSPS) is 16.3. The van der Waals surface area contributed by atoms with Crippen LogP contribution >= 0.6 is 0 Å². The van der Waals surface area contributed by atoms with Crippen LogP contribution in [0.4, 0.5) is 10.1 Å². The molecule has 1 aromatic rings. The molecule has 0 atom stereocenters. The van der Waals surface area contributed by atoms with Gasteiger partial charge < -0.3 is 9.64 Å². The molecule has 2 rings (SSSR count). The number of hydrogen-bond acceptors (Lipinski definition) is 2. The lowest BCUT2D eigenvalue weighted by molar-refractivity contribution is 0.122. The Morgan fingerprint density at radius 1 is 1.28 bits per heavy atom. The molecule has 0 saturated carbocycles. The lowest BCUT2D eigenvalue weighted by atomic mass is 10.0. The van der Waals surface area contributed by atoms with Crippen LogP contribution in [0.3, 0.4) is 0 Å². The van der Waals surface area contributed by atoms with Gasteiger partial charge >= 0.3 is 0 Å². The summed E-state index contributed by atoms with van der Waals surface area (Å²) in [5, 5.41) is 0. The van der Waals surface area contributed by atoms with Gasteiger partial charge in [-0.15, -0.1) is 0 Å². The Hall–Kier alpha value is -1.09. The Morgan fingerprint density at radius 3 is 2.61 bits per heavy atom. The summed E-state index contributed by atoms with van der Waals surface area (Å²) in [4.78, 5) is 2.06. The van der Waals surface area contributed by atoms with Crippen molar-refractivity contribution in [2.24, 2.45) is 5.92 Å². The van der Waals surface area contributed by atoms with Crippen LogP contribution in [0.5, 0.6) is 0 Å². The Morgan fingerprint density at radius 2 is 2.00 bits per heavy atom. The molecular weight excluding hydrogens is 229 g/mol. The van der Waals surface area contributed by atoms with E-state index >= 15 is 0 Å². The van der Waals surface area contributed by atoms with E-state index in [4.69, 9.17) is 4.74 Å². The van der Waals surface area contributed by atoms with Crippen molar-refractivity contribution in [3.8, 4) is 0 Å². The van der Waals surface area contributed by atoms with E-state index in [0.29, 0.717) is 24.8 Å². The maximum atomic E-state index is 14.1. The summed E-state index contributed by atoms with van der Waals surface area (Å²) in [5.74, 6) is 0.560. The van der Waals surface area contributed by atoms with Crippen LogP contribution in [0.1, 0.15) is 25.8 Å². The van der Waals surface area contributed by atoms with Crippen LogP contribution in [0, 0.1) is 11.7 Å². The zero-order valence-corrected chi connectivity index (χ0v) is 11.3. The molecule has 0 aromatic heterocycles. The molecule has 0 N–H and O–H groups in total. The van der Waals surface area contributed by atoms with Crippen LogP contribution in [-0.2, 0) is 11.2 Å². The number of ether oxygens (including phenoxy) is 1. The van der Waals surface area contributed by atoms with Gasteiger partial charge in [0.25, 0.3) is 0 Å². The lowest BCUT2D eigenvalue weighted by Gasteiger charge is -2.29. The predicted molar refractivity (Wildman–Crippen MR) is 72.6 cm³/mol. The van der Waals surface area contributed by atoms with Crippen molar-refractivity contribution in [1.29, 1.82) is 0 Å². The van der Waals surface area contributed by atoms with Crippen LogP contribution in [0.15, 0.2) is 18.2 Å². The number of nitrogens with zero attached hydrogens (tertiary/aromatic N) is 1. The third-order valence-electron chi connectivity index (χ3n) is 3.37. The van der Waals surface area contributed by atoms with E-state index in [0.717, 1.165) is 31.5 Å². The van der Waals surface area contributed by atoms with Crippen molar-refractivity contribution in [3.05, 3.63) is 29.6 Å². The zero-order valence-electron chi connectivity index (χ0n) is 11.3. The largest absolute Gasteiger partial charge is 0.378 e. The molecule has 2 nitrogen and oxygen atoms in total. The summed E-state index contributed by atoms with van der Waals surface area (Å²) in [7, 11) is 0. The molecule has 1 aromatic carbocycles. The predicted octanol–water partition coefficient (Wildman–Crippen LogP) is 3.25. The summed E-state index contributed by atoms with van der Waals surface area (Å²) in [5.41, 5.74) is 1.81. The van der Waals surface area contributed by atoms with E-state index < -0.39 is 0 Å². The summed E-state index contributed by atoms with van der Waals surface area (Å²) in [6.45, 7) is 7.32. The molecule has 0 spiro atoms. The average Bonchev–Trinajstić information content (AvgIpc) is 2.37. The van der Waals surface area contributed by atoms with Gasteiger partial charge in [0.1, 0.15) is 5.82 Å². The van der Waals surface area contributed by atoms with Crippen LogP contribution in [0.25, 0.3) is 0 Å². The molecule has 1 aliphatic heterocycles. The Balaban J connectivity index is 2.04. The fraction of sp³-hybridized carbons (Fsp3) is 0.600. The van der Waals surface area contributed by atoms with Crippen LogP contribution < -0.4 is 4.90 Å². The SMILES string of the molecule is CC(C)CCc1ccc(N2CCOCC2)c(F)c1. The van der Waals surface area contributed by atoms with Crippen molar-refractivity contribution in [3.63, 3.8) is 0 Å². The van der Waals surface area contributed by atoms with Gasteiger partial charge in [-0.05, 0) is 36.5 Å². The number of morpholine rings is 1. The van der Waals surface area contributed by atoms with Crippen molar-refractivity contribution in [1.82, 2.24) is 0 Å². The number of halogens is 1. The van der Waals surface area contributed by atoms with Crippen LogP contribution in [-0.4, -0.2) is 26.3 Å². The van der Waals surface area contributed by atoms with E-state index in [9.17, 15) is 4.39 Å². The quantitative estimate of drug-likeness (QED) is 0.814. The van der Waals surface area contributed by atoms with Crippen LogP contribution in [0.2, 0.25) is 0 Å². The fourth-order valence-electron chi connectivity index (χ4n) is 2.22. The van der Waals surface area contributed by atoms with Gasteiger partial charge in [0.05, 0.1) is 18.9 Å². The molecule has 0 unspecified atom stereocenters.